The summed E-state index contributed by atoms with van der Waals surface area (Å²) in [6.07, 6.45) is -1.81. The minimum Gasteiger partial charge on any atom is -0.383 e. The zero-order chi connectivity index (χ0) is 26.6. The summed E-state index contributed by atoms with van der Waals surface area (Å²) in [6, 6.07) is 11.9. The highest BCUT2D eigenvalue weighted by atomic mass is 19.4. The van der Waals surface area contributed by atoms with E-state index in [9.17, 15) is 23.2 Å². The Hall–Kier alpha value is -4.07. The van der Waals surface area contributed by atoms with E-state index < -0.39 is 23.1 Å². The number of anilines is 1. The van der Waals surface area contributed by atoms with Crippen molar-refractivity contribution in [1.82, 2.24) is 25.0 Å². The molecule has 0 aliphatic carbocycles. The molecule has 1 fully saturated rings. The smallest absolute Gasteiger partial charge is 0.383 e. The van der Waals surface area contributed by atoms with Crippen LogP contribution in [0.4, 0.5) is 23.8 Å². The minimum absolute atomic E-state index is 0.231. The number of likely N-dealkylation sites (tertiary alicyclic amines) is 1. The van der Waals surface area contributed by atoms with Gasteiger partial charge in [0.25, 0.3) is 0 Å². The first-order chi connectivity index (χ1) is 17.4. The Labute approximate surface area is 211 Å². The molecular weight excluding hydrogens is 483 g/mol. The van der Waals surface area contributed by atoms with Crippen molar-refractivity contribution in [3.8, 4) is 17.3 Å². The standard InChI is InChI=1S/C26H26F3N7O/c1-24(2,18-6-4-3-5-16(18)13-30)33-23(37)35-9-7-25(15-35)8-10-36-21(25)12-20(34-36)17-11-19(26(27,28)29)22(31)32-14-17/h3-6,11-12,14H,7-10,15H2,1-2H3,(H2,31,32)(H,33,37). The third-order valence-corrected chi connectivity index (χ3v) is 7.43. The molecule has 0 bridgehead atoms. The molecule has 1 unspecified atom stereocenters. The third kappa shape index (κ3) is 4.26. The van der Waals surface area contributed by atoms with Gasteiger partial charge >= 0.3 is 12.2 Å². The van der Waals surface area contributed by atoms with Gasteiger partial charge in [0.05, 0.1) is 28.4 Å². The molecule has 0 radical (unpaired) electrons. The van der Waals surface area contributed by atoms with Crippen molar-refractivity contribution in [2.24, 2.45) is 0 Å². The van der Waals surface area contributed by atoms with Crippen LogP contribution in [0.25, 0.3) is 11.3 Å². The highest BCUT2D eigenvalue weighted by Crippen LogP contribution is 2.44. The first-order valence-electron chi connectivity index (χ1n) is 11.9. The molecule has 192 valence electrons. The van der Waals surface area contributed by atoms with E-state index in [1.54, 1.807) is 23.1 Å². The summed E-state index contributed by atoms with van der Waals surface area (Å²) < 4.78 is 41.8. The fourth-order valence-corrected chi connectivity index (χ4v) is 5.44. The summed E-state index contributed by atoms with van der Waals surface area (Å²) in [5.74, 6) is -0.572. The Morgan fingerprint density at radius 1 is 1.16 bits per heavy atom. The van der Waals surface area contributed by atoms with Crippen LogP contribution in [0.15, 0.2) is 42.6 Å². The third-order valence-electron chi connectivity index (χ3n) is 7.43. The molecule has 2 aliphatic rings. The number of nitrogens with one attached hydrogen (secondary N) is 1. The Balaban J connectivity index is 1.36. The van der Waals surface area contributed by atoms with E-state index in [1.807, 2.05) is 30.7 Å². The number of alkyl halides is 3. The SMILES string of the molecule is CC(C)(NC(=O)N1CCC2(CCn3nc(-c4cnc(N)c(C(F)(F)F)c4)cc32)C1)c1ccccc1C#N. The molecule has 2 aromatic heterocycles. The van der Waals surface area contributed by atoms with Gasteiger partial charge in [-0.3, -0.25) is 4.68 Å². The molecule has 0 saturated carbocycles. The number of aryl methyl sites for hydroxylation is 1. The van der Waals surface area contributed by atoms with Gasteiger partial charge < -0.3 is 16.0 Å². The van der Waals surface area contributed by atoms with Crippen LogP contribution in [0.1, 0.15) is 49.1 Å². The number of pyridine rings is 1. The van der Waals surface area contributed by atoms with E-state index in [0.29, 0.717) is 37.3 Å². The number of halogens is 3. The van der Waals surface area contributed by atoms with Crippen molar-refractivity contribution in [2.75, 3.05) is 18.8 Å². The Kier molecular flexibility index (Phi) is 5.66. The second-order valence-electron chi connectivity index (χ2n) is 10.2. The molecule has 8 nitrogen and oxygen atoms in total. The minimum atomic E-state index is -4.61. The van der Waals surface area contributed by atoms with Gasteiger partial charge in [0.1, 0.15) is 5.82 Å². The maximum Gasteiger partial charge on any atom is 0.419 e. The van der Waals surface area contributed by atoms with E-state index in [-0.39, 0.29) is 17.0 Å². The molecule has 1 spiro atoms. The largest absolute Gasteiger partial charge is 0.419 e. The number of fused-ring (bicyclic) bond motifs is 2. The lowest BCUT2D eigenvalue weighted by Crippen LogP contribution is -2.48. The van der Waals surface area contributed by atoms with Gasteiger partial charge in [-0.05, 0) is 50.5 Å². The lowest BCUT2D eigenvalue weighted by Gasteiger charge is -2.31. The summed E-state index contributed by atoms with van der Waals surface area (Å²) in [6.45, 7) is 5.33. The van der Waals surface area contributed by atoms with Crippen LogP contribution < -0.4 is 11.1 Å². The first-order valence-corrected chi connectivity index (χ1v) is 11.9. The molecule has 2 aliphatic heterocycles. The number of aromatic nitrogens is 3. The molecule has 37 heavy (non-hydrogen) atoms. The van der Waals surface area contributed by atoms with Gasteiger partial charge in [-0.1, -0.05) is 18.2 Å². The number of urea groups is 1. The maximum atomic E-state index is 13.3. The number of carbonyl (C=O) groups excluding carboxylic acids is 1. The topological polar surface area (TPSA) is 113 Å². The molecule has 4 heterocycles. The molecule has 1 saturated heterocycles. The van der Waals surface area contributed by atoms with Gasteiger partial charge in [0.15, 0.2) is 0 Å². The van der Waals surface area contributed by atoms with E-state index in [0.717, 1.165) is 23.7 Å². The molecule has 1 atom stereocenters. The van der Waals surface area contributed by atoms with Crippen LogP contribution in [-0.2, 0) is 23.7 Å². The first kappa shape index (κ1) is 24.6. The number of hydrogen-bond donors (Lipinski definition) is 2. The second-order valence-corrected chi connectivity index (χ2v) is 10.2. The van der Waals surface area contributed by atoms with Gasteiger partial charge in [0, 0.05) is 42.5 Å². The Morgan fingerprint density at radius 3 is 2.62 bits per heavy atom. The number of carbonyl (C=O) groups is 1. The lowest BCUT2D eigenvalue weighted by molar-refractivity contribution is -0.137. The van der Waals surface area contributed by atoms with Crippen LogP contribution in [0.2, 0.25) is 0 Å². The average Bonchev–Trinajstić information content (AvgIpc) is 3.55. The molecule has 3 aromatic rings. The number of nitriles is 1. The maximum absolute atomic E-state index is 13.3. The summed E-state index contributed by atoms with van der Waals surface area (Å²) in [5.41, 5.74) is 6.14. The number of nitrogen functional groups attached to an aromatic ring is 1. The molecule has 11 heteroatoms. The monoisotopic (exact) mass is 509 g/mol. The fraction of sp³-hybridized carbons (Fsp3) is 0.385. The van der Waals surface area contributed by atoms with Crippen molar-refractivity contribution >= 4 is 11.8 Å². The van der Waals surface area contributed by atoms with Crippen molar-refractivity contribution in [2.45, 2.75) is 50.4 Å². The van der Waals surface area contributed by atoms with Crippen LogP contribution >= 0.6 is 0 Å². The Bertz CT molecular complexity index is 1420. The van der Waals surface area contributed by atoms with Gasteiger partial charge in [-0.2, -0.15) is 23.5 Å². The fourth-order valence-electron chi connectivity index (χ4n) is 5.44. The highest BCUT2D eigenvalue weighted by molar-refractivity contribution is 5.76. The number of nitrogens with two attached hydrogens (primary N) is 1. The average molecular weight is 510 g/mol. The summed E-state index contributed by atoms with van der Waals surface area (Å²) >= 11 is 0. The Morgan fingerprint density at radius 2 is 1.89 bits per heavy atom. The van der Waals surface area contributed by atoms with Crippen LogP contribution in [0.3, 0.4) is 0 Å². The number of rotatable bonds is 3. The lowest BCUT2D eigenvalue weighted by atomic mass is 9.82. The molecule has 5 rings (SSSR count). The number of benzene rings is 1. The number of amides is 2. The van der Waals surface area contributed by atoms with E-state index >= 15 is 0 Å². The highest BCUT2D eigenvalue weighted by Gasteiger charge is 2.47. The molecule has 3 N–H and O–H groups in total. The molecule has 2 amide bonds. The second kappa shape index (κ2) is 8.50. The van der Waals surface area contributed by atoms with Crippen LogP contribution in [0.5, 0.6) is 0 Å². The van der Waals surface area contributed by atoms with Crippen molar-refractivity contribution in [3.63, 3.8) is 0 Å². The van der Waals surface area contributed by atoms with Gasteiger partial charge in [-0.25, -0.2) is 9.78 Å². The van der Waals surface area contributed by atoms with Crippen molar-refractivity contribution in [1.29, 1.82) is 5.26 Å². The number of hydrogen-bond acceptors (Lipinski definition) is 5. The zero-order valence-electron chi connectivity index (χ0n) is 20.4. The van der Waals surface area contributed by atoms with Gasteiger partial charge in [-0.15, -0.1) is 0 Å². The summed E-state index contributed by atoms with van der Waals surface area (Å²) in [7, 11) is 0. The van der Waals surface area contributed by atoms with E-state index in [2.05, 4.69) is 21.5 Å². The van der Waals surface area contributed by atoms with E-state index in [4.69, 9.17) is 5.73 Å². The summed E-state index contributed by atoms with van der Waals surface area (Å²) in [5, 5.41) is 17.1. The molecular formula is C26H26F3N7O. The zero-order valence-corrected chi connectivity index (χ0v) is 20.4. The van der Waals surface area contributed by atoms with Crippen LogP contribution in [-0.4, -0.2) is 38.8 Å². The van der Waals surface area contributed by atoms with Gasteiger partial charge in [0.2, 0.25) is 0 Å². The van der Waals surface area contributed by atoms with Crippen molar-refractivity contribution < 1.29 is 18.0 Å². The normalized spacial score (nSPS) is 19.2. The number of nitrogens with zero attached hydrogens (tertiary/aromatic N) is 5. The van der Waals surface area contributed by atoms with Crippen LogP contribution in [0, 0.1) is 11.3 Å². The predicted octanol–water partition coefficient (Wildman–Crippen LogP) is 4.41. The van der Waals surface area contributed by atoms with Crippen molar-refractivity contribution in [3.05, 3.63) is 65.0 Å². The van der Waals surface area contributed by atoms with E-state index in [1.165, 1.54) is 6.20 Å². The molecule has 1 aromatic carbocycles. The quantitative estimate of drug-likeness (QED) is 0.543. The summed E-state index contributed by atoms with van der Waals surface area (Å²) in [4.78, 5) is 18.7. The predicted molar refractivity (Wildman–Crippen MR) is 130 cm³/mol.